The summed E-state index contributed by atoms with van der Waals surface area (Å²) >= 11 is 0. The fourth-order valence-corrected chi connectivity index (χ4v) is 0.876. The van der Waals surface area contributed by atoms with E-state index in [2.05, 4.69) is 6.58 Å². The summed E-state index contributed by atoms with van der Waals surface area (Å²) in [6.07, 6.45) is 2.56. The van der Waals surface area contributed by atoms with Gasteiger partial charge >= 0.3 is 5.97 Å². The highest BCUT2D eigenvalue weighted by atomic mass is 16.5. The van der Waals surface area contributed by atoms with E-state index in [9.17, 15) is 4.79 Å². The smallest absolute Gasteiger partial charge is 0.338 e. The summed E-state index contributed by atoms with van der Waals surface area (Å²) < 4.78 is 4.90. The maximum absolute atomic E-state index is 11.2. The van der Waals surface area contributed by atoms with Crippen molar-refractivity contribution in [3.05, 3.63) is 42.5 Å². The van der Waals surface area contributed by atoms with Gasteiger partial charge in [-0.25, -0.2) is 4.79 Å². The molecular weight excluding hydrogens is 204 g/mol. The minimum absolute atomic E-state index is 0.145. The number of hydrogen-bond acceptors (Lipinski definition) is 3. The van der Waals surface area contributed by atoms with E-state index in [0.717, 1.165) is 6.42 Å². The van der Waals surface area contributed by atoms with E-state index in [1.54, 1.807) is 6.08 Å². The van der Waals surface area contributed by atoms with Gasteiger partial charge in [0.15, 0.2) is 0 Å². The quantitative estimate of drug-likeness (QED) is 0.631. The lowest BCUT2D eigenvalue weighted by atomic mass is 10.2. The Morgan fingerprint density at radius 1 is 1.44 bits per heavy atom. The predicted octanol–water partition coefficient (Wildman–Crippen LogP) is 3.15. The molecule has 0 atom stereocenters. The molecule has 3 nitrogen and oxygen atoms in total. The number of carbonyl (C=O) groups is 1. The average molecular weight is 222 g/mol. The van der Waals surface area contributed by atoms with Crippen LogP contribution in [0.2, 0.25) is 0 Å². The summed E-state index contributed by atoms with van der Waals surface area (Å²) in [5.74, 6) is -0.200. The normalized spacial score (nSPS) is 8.62. The summed E-state index contributed by atoms with van der Waals surface area (Å²) in [4.78, 5) is 11.2. The molecule has 88 valence electrons. The molecule has 0 aromatic heterocycles. The van der Waals surface area contributed by atoms with E-state index >= 15 is 0 Å². The van der Waals surface area contributed by atoms with Crippen LogP contribution in [-0.4, -0.2) is 17.7 Å². The Balaban J connectivity index is 0.000000673. The van der Waals surface area contributed by atoms with Crippen LogP contribution < -0.4 is 0 Å². The fraction of sp³-hybridized carbons (Fsp3) is 0.308. The van der Waals surface area contributed by atoms with Crippen LogP contribution in [0.4, 0.5) is 0 Å². The highest BCUT2D eigenvalue weighted by Crippen LogP contribution is 2.10. The Hall–Kier alpha value is -1.77. The zero-order valence-corrected chi connectivity index (χ0v) is 9.77. The van der Waals surface area contributed by atoms with Gasteiger partial charge in [-0.3, -0.25) is 0 Å². The third kappa shape index (κ3) is 5.86. The molecule has 1 aromatic rings. The van der Waals surface area contributed by atoms with Gasteiger partial charge in [-0.2, -0.15) is 0 Å². The summed E-state index contributed by atoms with van der Waals surface area (Å²) in [6, 6.07) is 5.99. The maximum atomic E-state index is 11.2. The minimum atomic E-state index is -0.346. The van der Waals surface area contributed by atoms with Crippen molar-refractivity contribution in [2.24, 2.45) is 0 Å². The first-order valence-electron chi connectivity index (χ1n) is 5.18. The Morgan fingerprint density at radius 3 is 2.38 bits per heavy atom. The van der Waals surface area contributed by atoms with Crippen molar-refractivity contribution in [3.63, 3.8) is 0 Å². The molecule has 0 radical (unpaired) electrons. The highest BCUT2D eigenvalue weighted by molar-refractivity contribution is 5.89. The molecule has 0 aliphatic heterocycles. The van der Waals surface area contributed by atoms with E-state index in [4.69, 9.17) is 9.84 Å². The van der Waals surface area contributed by atoms with Crippen LogP contribution in [-0.2, 0) is 4.74 Å². The summed E-state index contributed by atoms with van der Waals surface area (Å²) in [7, 11) is 0. The lowest BCUT2D eigenvalue weighted by Crippen LogP contribution is -2.05. The SMILES string of the molecule is C=CC.CCCOC(=O)c1ccc(O)cc1. The van der Waals surface area contributed by atoms with Gasteiger partial charge in [0, 0.05) is 0 Å². The predicted molar refractivity (Wildman–Crippen MR) is 64.6 cm³/mol. The van der Waals surface area contributed by atoms with Crippen LogP contribution in [0.25, 0.3) is 0 Å². The number of ether oxygens (including phenoxy) is 1. The summed E-state index contributed by atoms with van der Waals surface area (Å²) in [6.45, 7) is 7.61. The first kappa shape index (κ1) is 14.2. The van der Waals surface area contributed by atoms with Crippen LogP contribution in [0.1, 0.15) is 30.6 Å². The van der Waals surface area contributed by atoms with Gasteiger partial charge in [-0.15, -0.1) is 6.58 Å². The number of hydrogen-bond donors (Lipinski definition) is 1. The zero-order chi connectivity index (χ0) is 12.4. The molecule has 1 rings (SSSR count). The monoisotopic (exact) mass is 222 g/mol. The molecule has 0 amide bonds. The Bertz CT molecular complexity index is 314. The molecule has 0 aliphatic carbocycles. The van der Waals surface area contributed by atoms with E-state index in [-0.39, 0.29) is 11.7 Å². The first-order valence-corrected chi connectivity index (χ1v) is 5.18. The van der Waals surface area contributed by atoms with Crippen LogP contribution in [0.3, 0.4) is 0 Å². The Labute approximate surface area is 96.4 Å². The van der Waals surface area contributed by atoms with Gasteiger partial charge in [-0.05, 0) is 37.6 Å². The minimum Gasteiger partial charge on any atom is -0.508 e. The maximum Gasteiger partial charge on any atom is 0.338 e. The molecule has 0 aliphatic rings. The molecule has 1 aromatic carbocycles. The largest absolute Gasteiger partial charge is 0.508 e. The second-order valence-electron chi connectivity index (χ2n) is 3.09. The number of phenolic OH excluding ortho intramolecular Hbond substituents is 1. The average Bonchev–Trinajstić information content (AvgIpc) is 2.28. The molecule has 0 fully saturated rings. The zero-order valence-electron chi connectivity index (χ0n) is 9.77. The molecule has 0 heterocycles. The van der Waals surface area contributed by atoms with Crippen molar-refractivity contribution in [1.82, 2.24) is 0 Å². The van der Waals surface area contributed by atoms with Crippen LogP contribution in [0.15, 0.2) is 36.9 Å². The lowest BCUT2D eigenvalue weighted by Gasteiger charge is -2.02. The third-order valence-electron chi connectivity index (χ3n) is 1.54. The number of benzene rings is 1. The van der Waals surface area contributed by atoms with Gasteiger partial charge in [0.2, 0.25) is 0 Å². The van der Waals surface area contributed by atoms with Gasteiger partial charge in [0.05, 0.1) is 12.2 Å². The van der Waals surface area contributed by atoms with Gasteiger partial charge < -0.3 is 9.84 Å². The molecule has 0 unspecified atom stereocenters. The number of esters is 1. The number of carbonyl (C=O) groups excluding carboxylic acids is 1. The Kier molecular flexibility index (Phi) is 7.59. The standard InChI is InChI=1S/C10H12O3.C3H6/c1-2-7-13-10(12)8-3-5-9(11)6-4-8;1-3-2/h3-6,11H,2,7H2,1H3;3H,1H2,2H3. The second-order valence-corrected chi connectivity index (χ2v) is 3.09. The lowest BCUT2D eigenvalue weighted by molar-refractivity contribution is 0.0505. The van der Waals surface area contributed by atoms with Gasteiger partial charge in [0.25, 0.3) is 0 Å². The third-order valence-corrected chi connectivity index (χ3v) is 1.54. The van der Waals surface area contributed by atoms with Crippen LogP contribution in [0.5, 0.6) is 5.75 Å². The molecule has 0 spiro atoms. The van der Waals surface area contributed by atoms with Crippen molar-refractivity contribution in [2.45, 2.75) is 20.3 Å². The number of rotatable bonds is 3. The molecule has 1 N–H and O–H groups in total. The van der Waals surface area contributed by atoms with Crippen molar-refractivity contribution in [2.75, 3.05) is 6.61 Å². The first-order chi connectivity index (χ1) is 7.65. The molecular formula is C13H18O3. The second kappa shape index (κ2) is 8.53. The summed E-state index contributed by atoms with van der Waals surface area (Å²) in [5, 5.41) is 8.96. The molecule has 3 heteroatoms. The van der Waals surface area contributed by atoms with Crippen molar-refractivity contribution in [1.29, 1.82) is 0 Å². The van der Waals surface area contributed by atoms with Crippen molar-refractivity contribution >= 4 is 5.97 Å². The molecule has 16 heavy (non-hydrogen) atoms. The van der Waals surface area contributed by atoms with Crippen LogP contribution >= 0.6 is 0 Å². The van der Waals surface area contributed by atoms with E-state index in [1.807, 2.05) is 13.8 Å². The number of allylic oxidation sites excluding steroid dienone is 1. The molecule has 0 saturated heterocycles. The van der Waals surface area contributed by atoms with Gasteiger partial charge in [0.1, 0.15) is 5.75 Å². The van der Waals surface area contributed by atoms with Crippen molar-refractivity contribution in [3.8, 4) is 5.75 Å². The topological polar surface area (TPSA) is 46.5 Å². The van der Waals surface area contributed by atoms with Crippen LogP contribution in [0, 0.1) is 0 Å². The van der Waals surface area contributed by atoms with E-state index < -0.39 is 0 Å². The van der Waals surface area contributed by atoms with Crippen molar-refractivity contribution < 1.29 is 14.6 Å². The van der Waals surface area contributed by atoms with E-state index in [0.29, 0.717) is 12.2 Å². The molecule has 0 saturated carbocycles. The van der Waals surface area contributed by atoms with E-state index in [1.165, 1.54) is 24.3 Å². The summed E-state index contributed by atoms with van der Waals surface area (Å²) in [5.41, 5.74) is 0.464. The fourth-order valence-electron chi connectivity index (χ4n) is 0.876. The highest BCUT2D eigenvalue weighted by Gasteiger charge is 2.05. The Morgan fingerprint density at radius 2 is 1.94 bits per heavy atom. The molecule has 0 bridgehead atoms. The number of phenols is 1. The number of aromatic hydroxyl groups is 1. The van der Waals surface area contributed by atoms with Gasteiger partial charge in [-0.1, -0.05) is 13.0 Å².